The molecule has 1 aromatic heterocycles. The van der Waals surface area contributed by atoms with E-state index in [2.05, 4.69) is 5.32 Å². The number of Topliss-reactive ketones (excluding diaryl/α,β-unsaturated/α-hetero) is 1. The third-order valence-corrected chi connectivity index (χ3v) is 16.9. The molecule has 0 aliphatic carbocycles. The third-order valence-electron chi connectivity index (χ3n) is 15.9. The van der Waals surface area contributed by atoms with Crippen molar-refractivity contribution in [1.82, 2.24) is 14.8 Å². The van der Waals surface area contributed by atoms with Crippen LogP contribution in [0.4, 0.5) is 0 Å². The monoisotopic (exact) mass is 1090 g/mol. The number of hydrogen-bond donors (Lipinski definition) is 5. The number of cyclic esters (lactones) is 1. The molecule has 0 saturated carbocycles. The number of aliphatic hydroxyl groups is 4. The molecule has 5 N–H and O–H groups in total. The Morgan fingerprint density at radius 2 is 1.61 bits per heavy atom. The molecule has 430 valence electrons. The summed E-state index contributed by atoms with van der Waals surface area (Å²) >= 11 is 1.50. The number of rotatable bonds is 17. The van der Waals surface area contributed by atoms with Crippen LogP contribution in [0.1, 0.15) is 119 Å². The predicted molar refractivity (Wildman–Crippen MR) is 284 cm³/mol. The standard InChI is InChI=1S/C55H87N3O17S/c1-16-40-55(11,67)47(63)31(5)43(60)29(3)26-54(10,69-15)48(75-52-45(62)39(57(12)13)24-30(4)70-52)32(6)46(33(7)50(64)72-40)74-42-27-53(9,66)49(34(8)71-42)73-41(59)20-21-56-22-23-76-35-18-19-38-36(25-35)44(61)37(51(65)68-14)28-58(38)17-2/h18-19,25,28-34,39-40,42,45-49,52,56,62-63,66-67H,16-17,20-24,26-27H2,1-15H3/t29-,30+,31-,32+,33+,34-,39-,40-,42+,45-,46+,47+,48-,49+,52-,53-,54+,55+/m0/s1. The summed E-state index contributed by atoms with van der Waals surface area (Å²) in [6.45, 7) is 19.7. The molecule has 0 radical (unpaired) electrons. The van der Waals surface area contributed by atoms with E-state index in [-0.39, 0.29) is 55.7 Å². The average Bonchev–Trinajstić information content (AvgIpc) is 3.37. The molecule has 0 unspecified atom stereocenters. The smallest absolute Gasteiger partial charge is 0.343 e. The maximum atomic E-state index is 14.5. The van der Waals surface area contributed by atoms with Crippen molar-refractivity contribution in [2.75, 3.05) is 47.2 Å². The van der Waals surface area contributed by atoms with Crippen molar-refractivity contribution >= 4 is 46.4 Å². The summed E-state index contributed by atoms with van der Waals surface area (Å²) in [5, 5.41) is 50.8. The van der Waals surface area contributed by atoms with Crippen molar-refractivity contribution in [1.29, 1.82) is 0 Å². The molecule has 5 rings (SSSR count). The fourth-order valence-corrected chi connectivity index (χ4v) is 12.2. The number of nitrogens with one attached hydrogen (secondary N) is 1. The van der Waals surface area contributed by atoms with Crippen molar-refractivity contribution in [2.45, 2.75) is 204 Å². The molecule has 3 aliphatic rings. The zero-order valence-corrected chi connectivity index (χ0v) is 48.0. The molecule has 1 aromatic carbocycles. The van der Waals surface area contributed by atoms with Gasteiger partial charge < -0.3 is 73.1 Å². The van der Waals surface area contributed by atoms with Gasteiger partial charge in [0.1, 0.15) is 34.8 Å². The molecule has 20 nitrogen and oxygen atoms in total. The van der Waals surface area contributed by atoms with Gasteiger partial charge in [-0.05, 0) is 100 Å². The first-order valence-corrected chi connectivity index (χ1v) is 27.7. The number of likely N-dealkylation sites (N-methyl/N-ethyl adjacent to an activating group) is 1. The first-order chi connectivity index (χ1) is 35.6. The predicted octanol–water partition coefficient (Wildman–Crippen LogP) is 4.23. The van der Waals surface area contributed by atoms with Crippen molar-refractivity contribution in [3.8, 4) is 0 Å². The molecule has 3 saturated heterocycles. The Balaban J connectivity index is 1.33. The SMILES string of the molecule is CC[C@@H]1OC(=O)[C@H](C)[C@H](O[C@@H]2C[C@](C)(O)[C@H](OC(=O)CCNCCSc3ccc4c(c3)c(=O)c(C(=O)OC)cn4CC)[C@H](C)O2)[C@@H](C)[C@H](O[C@@H]2O[C@H](C)C[C@H](N(C)C)[C@@H]2O)[C@](C)(OC)C[C@H](C)C(=O)[C@H](C)[C@@H](O)[C@]1(C)O. The zero-order chi connectivity index (χ0) is 56.8. The summed E-state index contributed by atoms with van der Waals surface area (Å²) in [5.41, 5.74) is -4.82. The second-order valence-corrected chi connectivity index (χ2v) is 23.3. The molecule has 4 heterocycles. The van der Waals surface area contributed by atoms with Gasteiger partial charge in [-0.3, -0.25) is 19.2 Å². The maximum Gasteiger partial charge on any atom is 0.343 e. The van der Waals surface area contributed by atoms with Crippen molar-refractivity contribution in [3.05, 3.63) is 40.2 Å². The Morgan fingerprint density at radius 1 is 0.921 bits per heavy atom. The molecule has 0 spiro atoms. The van der Waals surface area contributed by atoms with Gasteiger partial charge in [0.05, 0.1) is 61.1 Å². The lowest BCUT2D eigenvalue weighted by molar-refractivity contribution is -0.318. The van der Waals surface area contributed by atoms with E-state index in [9.17, 15) is 44.4 Å². The van der Waals surface area contributed by atoms with E-state index < -0.39 is 119 Å². The Morgan fingerprint density at radius 3 is 2.21 bits per heavy atom. The maximum absolute atomic E-state index is 14.5. The van der Waals surface area contributed by atoms with Gasteiger partial charge in [0.2, 0.25) is 5.43 Å². The van der Waals surface area contributed by atoms with E-state index in [0.29, 0.717) is 36.2 Å². The number of aromatic nitrogens is 1. The Kier molecular flexibility index (Phi) is 22.1. The van der Waals surface area contributed by atoms with E-state index in [1.807, 2.05) is 49.5 Å². The molecule has 18 atom stereocenters. The van der Waals surface area contributed by atoms with Gasteiger partial charge in [-0.15, -0.1) is 11.8 Å². The normalized spacial score (nSPS) is 37.1. The number of fused-ring (bicyclic) bond motifs is 1. The summed E-state index contributed by atoms with van der Waals surface area (Å²) in [5.74, 6) is -5.65. The van der Waals surface area contributed by atoms with Crippen molar-refractivity contribution in [3.63, 3.8) is 0 Å². The highest BCUT2D eigenvalue weighted by Crippen LogP contribution is 2.42. The molecule has 2 aromatic rings. The van der Waals surface area contributed by atoms with E-state index in [1.54, 1.807) is 47.6 Å². The van der Waals surface area contributed by atoms with Gasteiger partial charge in [-0.25, -0.2) is 4.79 Å². The fraction of sp³-hybridized carbons (Fsp3) is 0.764. The summed E-state index contributed by atoms with van der Waals surface area (Å²) in [7, 11) is 6.42. The first-order valence-electron chi connectivity index (χ1n) is 26.7. The van der Waals surface area contributed by atoms with Crippen LogP contribution in [0.2, 0.25) is 0 Å². The number of hydrogen-bond acceptors (Lipinski definition) is 20. The molecule has 76 heavy (non-hydrogen) atoms. The number of nitrogens with zero attached hydrogens (tertiary/aromatic N) is 2. The lowest BCUT2D eigenvalue weighted by Gasteiger charge is -2.49. The number of benzene rings is 1. The highest BCUT2D eigenvalue weighted by molar-refractivity contribution is 7.99. The average molecular weight is 1090 g/mol. The van der Waals surface area contributed by atoms with Crippen LogP contribution in [0.15, 0.2) is 34.1 Å². The Hall–Kier alpha value is -3.58. The summed E-state index contributed by atoms with van der Waals surface area (Å²) < 4.78 is 51.2. The molecular weight excluding hydrogens is 1010 g/mol. The van der Waals surface area contributed by atoms with Crippen LogP contribution in [0, 0.1) is 23.7 Å². The van der Waals surface area contributed by atoms with Gasteiger partial charge in [0.25, 0.3) is 0 Å². The van der Waals surface area contributed by atoms with Gasteiger partial charge in [-0.1, -0.05) is 27.7 Å². The third kappa shape index (κ3) is 14.4. The van der Waals surface area contributed by atoms with E-state index in [4.69, 9.17) is 37.9 Å². The minimum Gasteiger partial charge on any atom is -0.465 e. The number of carbonyl (C=O) groups excluding carboxylic acids is 4. The summed E-state index contributed by atoms with van der Waals surface area (Å²) in [4.78, 5) is 70.2. The second-order valence-electron chi connectivity index (χ2n) is 22.1. The van der Waals surface area contributed by atoms with Gasteiger partial charge in [0.15, 0.2) is 18.7 Å². The van der Waals surface area contributed by atoms with Gasteiger partial charge in [0, 0.05) is 79.2 Å². The zero-order valence-electron chi connectivity index (χ0n) is 47.2. The van der Waals surface area contributed by atoms with E-state index in [1.165, 1.54) is 52.9 Å². The highest BCUT2D eigenvalue weighted by atomic mass is 32.2. The van der Waals surface area contributed by atoms with Crippen LogP contribution in [0.3, 0.4) is 0 Å². The molecule has 0 bridgehead atoms. The largest absolute Gasteiger partial charge is 0.465 e. The van der Waals surface area contributed by atoms with Crippen LogP contribution in [0.25, 0.3) is 10.9 Å². The number of thioether (sulfide) groups is 1. The van der Waals surface area contributed by atoms with Gasteiger partial charge in [-0.2, -0.15) is 0 Å². The molecule has 3 fully saturated rings. The number of pyridine rings is 1. The minimum atomic E-state index is -2.04. The number of ketones is 1. The first kappa shape index (κ1) is 63.3. The van der Waals surface area contributed by atoms with Crippen LogP contribution in [-0.4, -0.2) is 185 Å². The van der Waals surface area contributed by atoms with Crippen molar-refractivity contribution in [2.24, 2.45) is 23.7 Å². The molecule has 3 aliphatic heterocycles. The number of esters is 3. The topological polar surface area (TPSA) is 260 Å². The molecule has 21 heteroatoms. The number of aryl methyl sites for hydroxylation is 1. The van der Waals surface area contributed by atoms with Crippen LogP contribution in [0.5, 0.6) is 0 Å². The summed E-state index contributed by atoms with van der Waals surface area (Å²) in [6.07, 6.45) is -9.02. The number of carbonyl (C=O) groups is 4. The van der Waals surface area contributed by atoms with Crippen LogP contribution >= 0.6 is 11.8 Å². The molecular formula is C55H87N3O17S. The minimum absolute atomic E-state index is 0.0229. The fourth-order valence-electron chi connectivity index (χ4n) is 11.4. The second kappa shape index (κ2) is 26.6. The number of methoxy groups -OCH3 is 2. The molecule has 0 amide bonds. The van der Waals surface area contributed by atoms with Crippen LogP contribution in [-0.2, 0) is 58.8 Å². The Bertz CT molecular complexity index is 2360. The van der Waals surface area contributed by atoms with E-state index in [0.717, 1.165) is 4.90 Å². The highest BCUT2D eigenvalue weighted by Gasteiger charge is 2.54. The van der Waals surface area contributed by atoms with Gasteiger partial charge >= 0.3 is 17.9 Å². The van der Waals surface area contributed by atoms with Crippen LogP contribution < -0.4 is 10.7 Å². The number of ether oxygens (including phenoxy) is 8. The Labute approximate surface area is 452 Å². The van der Waals surface area contributed by atoms with E-state index >= 15 is 0 Å². The quantitative estimate of drug-likeness (QED) is 0.0643. The lowest BCUT2D eigenvalue weighted by atomic mass is 9.74. The van der Waals surface area contributed by atoms with Crippen molar-refractivity contribution < 1.29 is 77.5 Å². The summed E-state index contributed by atoms with van der Waals surface area (Å²) in [6, 6.07) is 5.18. The lowest BCUT2D eigenvalue weighted by Crippen LogP contribution is -2.61. The number of aliphatic hydroxyl groups excluding tert-OH is 2.